The summed E-state index contributed by atoms with van der Waals surface area (Å²) in [6.07, 6.45) is 0.757. The molecular formula is C21H27N5O2S3. The van der Waals surface area contributed by atoms with Crippen LogP contribution in [0.1, 0.15) is 21.8 Å². The van der Waals surface area contributed by atoms with Gasteiger partial charge >= 0.3 is 0 Å². The van der Waals surface area contributed by atoms with Crippen molar-refractivity contribution in [3.63, 3.8) is 0 Å². The Morgan fingerprint density at radius 2 is 1.87 bits per heavy atom. The van der Waals surface area contributed by atoms with Crippen LogP contribution >= 0.6 is 23.6 Å². The van der Waals surface area contributed by atoms with Crippen LogP contribution in [0.4, 0.5) is 0 Å². The quantitative estimate of drug-likeness (QED) is 0.510. The third-order valence-electron chi connectivity index (χ3n) is 5.66. The molecule has 0 aliphatic carbocycles. The minimum atomic E-state index is -3.48. The highest BCUT2D eigenvalue weighted by molar-refractivity contribution is 7.89. The van der Waals surface area contributed by atoms with E-state index >= 15 is 0 Å². The smallest absolute Gasteiger partial charge is 0.243 e. The van der Waals surface area contributed by atoms with Crippen LogP contribution in [0.25, 0.3) is 0 Å². The van der Waals surface area contributed by atoms with Crippen molar-refractivity contribution in [1.82, 2.24) is 23.6 Å². The van der Waals surface area contributed by atoms with Crippen molar-refractivity contribution in [3.8, 4) is 0 Å². The van der Waals surface area contributed by atoms with E-state index in [1.54, 1.807) is 21.7 Å². The summed E-state index contributed by atoms with van der Waals surface area (Å²) in [6, 6.07) is 9.63. The Labute approximate surface area is 192 Å². The van der Waals surface area contributed by atoms with E-state index in [9.17, 15) is 8.42 Å². The second-order valence-corrected chi connectivity index (χ2v) is 11.2. The zero-order valence-corrected chi connectivity index (χ0v) is 20.4. The van der Waals surface area contributed by atoms with E-state index in [4.69, 9.17) is 17.3 Å². The molecule has 4 rings (SSSR count). The maximum atomic E-state index is 13.1. The van der Waals surface area contributed by atoms with Crippen LogP contribution in [0.15, 0.2) is 40.6 Å². The van der Waals surface area contributed by atoms with Crippen molar-refractivity contribution in [2.75, 3.05) is 26.2 Å². The summed E-state index contributed by atoms with van der Waals surface area (Å²) in [5, 5.41) is 6.78. The highest BCUT2D eigenvalue weighted by atomic mass is 32.2. The van der Waals surface area contributed by atoms with Gasteiger partial charge in [-0.05, 0) is 49.1 Å². The number of piperazine rings is 1. The molecule has 31 heavy (non-hydrogen) atoms. The van der Waals surface area contributed by atoms with Crippen molar-refractivity contribution in [2.24, 2.45) is 7.05 Å². The van der Waals surface area contributed by atoms with Crippen molar-refractivity contribution in [3.05, 3.63) is 62.3 Å². The molecule has 0 spiro atoms. The summed E-state index contributed by atoms with van der Waals surface area (Å²) in [7, 11) is -1.54. The van der Waals surface area contributed by atoms with Gasteiger partial charge < -0.3 is 4.57 Å². The summed E-state index contributed by atoms with van der Waals surface area (Å²) < 4.78 is 32.3. The first-order chi connectivity index (χ1) is 14.8. The molecule has 0 atom stereocenters. The van der Waals surface area contributed by atoms with Crippen molar-refractivity contribution >= 4 is 33.6 Å². The zero-order valence-electron chi connectivity index (χ0n) is 18.0. The van der Waals surface area contributed by atoms with Gasteiger partial charge in [-0.15, -0.1) is 11.3 Å². The molecule has 3 aromatic rings. The van der Waals surface area contributed by atoms with Crippen LogP contribution in [0.3, 0.4) is 0 Å². The second-order valence-electron chi connectivity index (χ2n) is 7.95. The van der Waals surface area contributed by atoms with E-state index in [0.717, 1.165) is 23.4 Å². The molecule has 1 saturated heterocycles. The number of rotatable bonds is 6. The zero-order chi connectivity index (χ0) is 22.2. The predicted octanol–water partition coefficient (Wildman–Crippen LogP) is 3.18. The Balaban J connectivity index is 1.42. The molecule has 1 aliphatic heterocycles. The summed E-state index contributed by atoms with van der Waals surface area (Å²) in [5.41, 5.74) is 1.85. The fourth-order valence-electron chi connectivity index (χ4n) is 3.88. The summed E-state index contributed by atoms with van der Waals surface area (Å²) in [5.74, 6) is 0.934. The highest BCUT2D eigenvalue weighted by Gasteiger charge is 2.29. The van der Waals surface area contributed by atoms with Crippen molar-refractivity contribution < 1.29 is 8.42 Å². The van der Waals surface area contributed by atoms with E-state index in [2.05, 4.69) is 16.3 Å². The molecule has 0 N–H and O–H groups in total. The molecule has 1 fully saturated rings. The molecule has 1 aromatic carbocycles. The van der Waals surface area contributed by atoms with Gasteiger partial charge in [0, 0.05) is 44.5 Å². The standard InChI is InChI=1S/C21H27N5O2S3/c1-16-6-7-19(17(2)13-16)31(27,28)25-10-8-24(9-11-25)15-26-21(29)23(3)20(22-26)14-18-5-4-12-30-18/h4-7,12-13H,8-11,14-15H2,1-3H3. The van der Waals surface area contributed by atoms with Gasteiger partial charge in [0.05, 0.1) is 11.6 Å². The highest BCUT2D eigenvalue weighted by Crippen LogP contribution is 2.22. The third-order valence-corrected chi connectivity index (χ3v) is 9.08. The van der Waals surface area contributed by atoms with Crippen molar-refractivity contribution in [2.45, 2.75) is 31.8 Å². The number of sulfonamides is 1. The maximum Gasteiger partial charge on any atom is 0.243 e. The van der Waals surface area contributed by atoms with Gasteiger partial charge in [0.2, 0.25) is 10.0 Å². The Bertz CT molecular complexity index is 1220. The topological polar surface area (TPSA) is 63.4 Å². The summed E-state index contributed by atoms with van der Waals surface area (Å²) >= 11 is 7.29. The van der Waals surface area contributed by atoms with Gasteiger partial charge in [-0.25, -0.2) is 13.1 Å². The lowest BCUT2D eigenvalue weighted by atomic mass is 10.2. The Hall–Kier alpha value is -1.85. The lowest BCUT2D eigenvalue weighted by Gasteiger charge is -2.34. The number of hydrogen-bond acceptors (Lipinski definition) is 6. The third kappa shape index (κ3) is 4.68. The molecular weight excluding hydrogens is 450 g/mol. The minimum absolute atomic E-state index is 0.400. The fraction of sp³-hybridized carbons (Fsp3) is 0.429. The number of aromatic nitrogens is 3. The van der Waals surface area contributed by atoms with Crippen LogP contribution in [0.5, 0.6) is 0 Å². The van der Waals surface area contributed by atoms with E-state index in [1.165, 1.54) is 4.88 Å². The Morgan fingerprint density at radius 3 is 2.52 bits per heavy atom. The average molecular weight is 478 g/mol. The van der Waals surface area contributed by atoms with Crippen molar-refractivity contribution in [1.29, 1.82) is 0 Å². The number of aryl methyl sites for hydroxylation is 2. The predicted molar refractivity (Wildman–Crippen MR) is 125 cm³/mol. The molecule has 10 heteroatoms. The molecule has 2 aromatic heterocycles. The maximum absolute atomic E-state index is 13.1. The molecule has 166 valence electrons. The van der Waals surface area contributed by atoms with Crippen LogP contribution < -0.4 is 0 Å². The summed E-state index contributed by atoms with van der Waals surface area (Å²) in [6.45, 7) is 6.58. The second kappa shape index (κ2) is 8.95. The van der Waals surface area contributed by atoms with Gasteiger partial charge in [-0.2, -0.15) is 9.40 Å². The van der Waals surface area contributed by atoms with E-state index in [-0.39, 0.29) is 0 Å². The molecule has 0 radical (unpaired) electrons. The molecule has 0 bridgehead atoms. The first-order valence-corrected chi connectivity index (χ1v) is 12.9. The first-order valence-electron chi connectivity index (χ1n) is 10.2. The first kappa shape index (κ1) is 22.3. The number of thiophene rings is 1. The lowest BCUT2D eigenvalue weighted by molar-refractivity contribution is 0.144. The number of benzene rings is 1. The Kier molecular flexibility index (Phi) is 6.45. The number of hydrogen-bond donors (Lipinski definition) is 0. The average Bonchev–Trinajstić information content (AvgIpc) is 3.33. The SMILES string of the molecule is Cc1ccc(S(=O)(=O)N2CCN(Cn3nc(Cc4cccs4)n(C)c3=S)CC2)c(C)c1. The van der Waals surface area contributed by atoms with Crippen LogP contribution in [0, 0.1) is 18.6 Å². The number of nitrogens with zero attached hydrogens (tertiary/aromatic N) is 5. The van der Waals surface area contributed by atoms with Gasteiger partial charge in [-0.1, -0.05) is 23.8 Å². The van der Waals surface area contributed by atoms with E-state index in [1.807, 2.05) is 48.3 Å². The van der Waals surface area contributed by atoms with Gasteiger partial charge in [0.1, 0.15) is 5.82 Å². The van der Waals surface area contributed by atoms with E-state index < -0.39 is 10.0 Å². The van der Waals surface area contributed by atoms with E-state index in [0.29, 0.717) is 42.5 Å². The van der Waals surface area contributed by atoms with Crippen LogP contribution in [-0.2, 0) is 30.2 Å². The van der Waals surface area contributed by atoms with Gasteiger partial charge in [0.25, 0.3) is 0 Å². The molecule has 0 saturated carbocycles. The van der Waals surface area contributed by atoms with Crippen LogP contribution in [0.2, 0.25) is 0 Å². The lowest BCUT2D eigenvalue weighted by Crippen LogP contribution is -2.49. The molecule has 3 heterocycles. The largest absolute Gasteiger partial charge is 0.307 e. The molecule has 0 amide bonds. The summed E-state index contributed by atoms with van der Waals surface area (Å²) in [4.78, 5) is 3.85. The molecule has 0 unspecified atom stereocenters. The van der Waals surface area contributed by atoms with Gasteiger partial charge in [-0.3, -0.25) is 4.90 Å². The normalized spacial score (nSPS) is 16.1. The minimum Gasteiger partial charge on any atom is -0.307 e. The van der Waals surface area contributed by atoms with Gasteiger partial charge in [0.15, 0.2) is 4.77 Å². The fourth-order valence-corrected chi connectivity index (χ4v) is 6.41. The Morgan fingerprint density at radius 1 is 1.13 bits per heavy atom. The molecule has 7 nitrogen and oxygen atoms in total. The molecule has 1 aliphatic rings. The monoisotopic (exact) mass is 477 g/mol. The van der Waals surface area contributed by atoms with Crippen LogP contribution in [-0.4, -0.2) is 58.1 Å².